The number of ether oxygens (including phenoxy) is 1. The maximum absolute atomic E-state index is 12.6. The van der Waals surface area contributed by atoms with Crippen molar-refractivity contribution in [3.05, 3.63) is 61.4 Å². The van der Waals surface area contributed by atoms with Crippen LogP contribution in [0.25, 0.3) is 21.9 Å². The third-order valence-electron chi connectivity index (χ3n) is 3.68. The molecule has 0 spiro atoms. The molecule has 0 aliphatic heterocycles. The quantitative estimate of drug-likeness (QED) is 0.560. The first-order valence-electron chi connectivity index (χ1n) is 7.10. The smallest absolute Gasteiger partial charge is 0.350 e. The molecule has 0 unspecified atom stereocenters. The highest BCUT2D eigenvalue weighted by Crippen LogP contribution is 2.25. The number of benzene rings is 1. The van der Waals surface area contributed by atoms with Crippen molar-refractivity contribution >= 4 is 39.5 Å². The molecular formula is C16H12N4O3S. The Morgan fingerprint density at radius 1 is 1.21 bits per heavy atom. The van der Waals surface area contributed by atoms with E-state index >= 15 is 0 Å². The molecule has 0 fully saturated rings. The summed E-state index contributed by atoms with van der Waals surface area (Å²) in [5, 5.41) is 6.61. The summed E-state index contributed by atoms with van der Waals surface area (Å²) < 4.78 is 6.01. The Morgan fingerprint density at radius 2 is 2.08 bits per heavy atom. The van der Waals surface area contributed by atoms with E-state index in [1.807, 2.05) is 17.5 Å². The zero-order valence-corrected chi connectivity index (χ0v) is 13.4. The molecule has 0 atom stereocenters. The van der Waals surface area contributed by atoms with Gasteiger partial charge in [-0.2, -0.15) is 5.10 Å². The van der Waals surface area contributed by atoms with Gasteiger partial charge >= 0.3 is 11.2 Å². The molecule has 0 saturated carbocycles. The van der Waals surface area contributed by atoms with E-state index in [9.17, 15) is 9.59 Å². The van der Waals surface area contributed by atoms with Gasteiger partial charge in [0.1, 0.15) is 11.3 Å². The molecular weight excluding hydrogens is 328 g/mol. The lowest BCUT2D eigenvalue weighted by atomic mass is 10.2. The molecule has 0 aliphatic rings. The van der Waals surface area contributed by atoms with E-state index in [1.165, 1.54) is 17.6 Å². The fourth-order valence-corrected chi connectivity index (χ4v) is 3.11. The van der Waals surface area contributed by atoms with Gasteiger partial charge in [0.05, 0.1) is 18.8 Å². The molecule has 120 valence electrons. The number of hydrogen-bond acceptors (Lipinski definition) is 5. The summed E-state index contributed by atoms with van der Waals surface area (Å²) in [5.74, 6) is 0.643. The topological polar surface area (TPSA) is 92.2 Å². The van der Waals surface area contributed by atoms with Crippen LogP contribution in [0.1, 0.15) is 4.88 Å². The molecule has 2 N–H and O–H groups in total. The summed E-state index contributed by atoms with van der Waals surface area (Å²) >= 11 is 1.47. The number of aromatic amines is 2. The molecule has 1 aromatic carbocycles. The largest absolute Gasteiger partial charge is 0.497 e. The lowest BCUT2D eigenvalue weighted by molar-refractivity contribution is 0.415. The van der Waals surface area contributed by atoms with E-state index in [1.54, 1.807) is 25.3 Å². The number of H-pyrrole nitrogens is 2. The summed E-state index contributed by atoms with van der Waals surface area (Å²) in [5.41, 5.74) is 0.377. The average Bonchev–Trinajstić information content (AvgIpc) is 3.22. The first-order chi connectivity index (χ1) is 11.7. The third-order valence-corrected chi connectivity index (χ3v) is 4.49. The number of nitrogens with zero attached hydrogens (tertiary/aromatic N) is 2. The Hall–Kier alpha value is -3.13. The number of fused-ring (bicyclic) bond motifs is 3. The Labute approximate surface area is 138 Å². The molecule has 4 rings (SSSR count). The lowest BCUT2D eigenvalue weighted by Gasteiger charge is -1.99. The van der Waals surface area contributed by atoms with Crippen LogP contribution in [0, 0.1) is 0 Å². The van der Waals surface area contributed by atoms with Crippen LogP contribution in [-0.4, -0.2) is 28.0 Å². The third kappa shape index (κ3) is 2.24. The highest BCUT2D eigenvalue weighted by molar-refractivity contribution is 7.11. The van der Waals surface area contributed by atoms with Gasteiger partial charge in [-0.05, 0) is 29.6 Å². The van der Waals surface area contributed by atoms with Crippen LogP contribution in [0.5, 0.6) is 5.75 Å². The highest BCUT2D eigenvalue weighted by Gasteiger charge is 2.13. The predicted molar refractivity (Wildman–Crippen MR) is 94.5 cm³/mol. The number of nitrogens with one attached hydrogen (secondary N) is 2. The zero-order valence-electron chi connectivity index (χ0n) is 12.6. The van der Waals surface area contributed by atoms with Gasteiger partial charge in [-0.3, -0.25) is 4.79 Å². The van der Waals surface area contributed by atoms with Crippen LogP contribution in [0.15, 0.2) is 50.4 Å². The van der Waals surface area contributed by atoms with E-state index in [0.29, 0.717) is 22.2 Å². The molecule has 4 aromatic rings. The molecule has 0 bridgehead atoms. The molecule has 7 nitrogen and oxygen atoms in total. The number of rotatable bonds is 3. The maximum Gasteiger partial charge on any atom is 0.350 e. The lowest BCUT2D eigenvalue weighted by Crippen LogP contribution is -2.32. The Kier molecular flexibility index (Phi) is 3.31. The van der Waals surface area contributed by atoms with Crippen molar-refractivity contribution in [3.8, 4) is 5.75 Å². The van der Waals surface area contributed by atoms with Crippen LogP contribution in [0.4, 0.5) is 0 Å². The van der Waals surface area contributed by atoms with Crippen molar-refractivity contribution in [2.24, 2.45) is 5.10 Å². The normalized spacial score (nSPS) is 11.7. The van der Waals surface area contributed by atoms with Gasteiger partial charge in [-0.1, -0.05) is 6.07 Å². The Balaban J connectivity index is 1.96. The Morgan fingerprint density at radius 3 is 2.83 bits per heavy atom. The van der Waals surface area contributed by atoms with E-state index in [4.69, 9.17) is 4.74 Å². The molecule has 0 aliphatic carbocycles. The minimum atomic E-state index is -0.593. The fourth-order valence-electron chi connectivity index (χ4n) is 2.53. The minimum absolute atomic E-state index is 0.293. The predicted octanol–water partition coefficient (Wildman–Crippen LogP) is 2.12. The van der Waals surface area contributed by atoms with E-state index in [0.717, 1.165) is 15.1 Å². The second-order valence-electron chi connectivity index (χ2n) is 5.09. The molecule has 0 saturated heterocycles. The highest BCUT2D eigenvalue weighted by atomic mass is 32.1. The number of thiophene rings is 1. The van der Waals surface area contributed by atoms with Gasteiger partial charge in [0.25, 0.3) is 0 Å². The number of methoxy groups -OCH3 is 1. The van der Waals surface area contributed by atoms with Crippen molar-refractivity contribution in [3.63, 3.8) is 0 Å². The van der Waals surface area contributed by atoms with Crippen LogP contribution < -0.4 is 16.0 Å². The molecule has 3 aromatic heterocycles. The Bertz CT molecular complexity index is 1180. The monoisotopic (exact) mass is 340 g/mol. The van der Waals surface area contributed by atoms with E-state index in [2.05, 4.69) is 15.1 Å². The van der Waals surface area contributed by atoms with Crippen molar-refractivity contribution in [2.45, 2.75) is 0 Å². The van der Waals surface area contributed by atoms with Crippen molar-refractivity contribution in [1.29, 1.82) is 0 Å². The van der Waals surface area contributed by atoms with Gasteiger partial charge in [0.2, 0.25) is 0 Å². The van der Waals surface area contributed by atoms with Gasteiger partial charge in [0, 0.05) is 15.8 Å². The zero-order chi connectivity index (χ0) is 16.7. The molecule has 24 heavy (non-hydrogen) atoms. The summed E-state index contributed by atoms with van der Waals surface area (Å²) in [6.45, 7) is 0. The van der Waals surface area contributed by atoms with Crippen molar-refractivity contribution in [1.82, 2.24) is 14.6 Å². The summed E-state index contributed by atoms with van der Waals surface area (Å²) in [6, 6.07) is 9.06. The second-order valence-corrected chi connectivity index (χ2v) is 6.07. The second kappa shape index (κ2) is 5.50. The molecule has 3 heterocycles. The van der Waals surface area contributed by atoms with E-state index in [-0.39, 0.29) is 0 Å². The van der Waals surface area contributed by atoms with Crippen LogP contribution in [0.3, 0.4) is 0 Å². The molecule has 0 amide bonds. The van der Waals surface area contributed by atoms with Gasteiger partial charge < -0.3 is 14.7 Å². The van der Waals surface area contributed by atoms with Gasteiger partial charge in [-0.15, -0.1) is 16.0 Å². The van der Waals surface area contributed by atoms with E-state index < -0.39 is 11.2 Å². The van der Waals surface area contributed by atoms with Gasteiger partial charge in [0.15, 0.2) is 0 Å². The standard InChI is InChI=1S/C16H12N4O3S/c1-23-9-4-5-12-11(7-9)13-14(18-12)15(21)20(16(22)19-13)17-8-10-3-2-6-24-10/h2-8,18H,1H3,(H,19,22)/b17-8-. The number of aromatic nitrogens is 3. The number of hydrogen-bond donors (Lipinski definition) is 2. The van der Waals surface area contributed by atoms with Crippen molar-refractivity contribution in [2.75, 3.05) is 7.11 Å². The SMILES string of the molecule is COc1ccc2[nH]c3c(=O)n(/N=C\c4cccs4)c(=O)[nH]c3c2c1. The van der Waals surface area contributed by atoms with Gasteiger partial charge in [-0.25, -0.2) is 4.79 Å². The molecule has 8 heteroatoms. The average molecular weight is 340 g/mol. The maximum atomic E-state index is 12.6. The van der Waals surface area contributed by atoms with Crippen LogP contribution in [-0.2, 0) is 0 Å². The minimum Gasteiger partial charge on any atom is -0.497 e. The summed E-state index contributed by atoms with van der Waals surface area (Å²) in [7, 11) is 1.56. The summed E-state index contributed by atoms with van der Waals surface area (Å²) in [4.78, 5) is 31.5. The van der Waals surface area contributed by atoms with Crippen LogP contribution in [0.2, 0.25) is 0 Å². The van der Waals surface area contributed by atoms with Crippen LogP contribution >= 0.6 is 11.3 Å². The first kappa shape index (κ1) is 14.5. The fraction of sp³-hybridized carbons (Fsp3) is 0.0625. The molecule has 0 radical (unpaired) electrons. The summed E-state index contributed by atoms with van der Waals surface area (Å²) in [6.07, 6.45) is 1.48. The first-order valence-corrected chi connectivity index (χ1v) is 7.98. The van der Waals surface area contributed by atoms with Crippen molar-refractivity contribution < 1.29 is 4.74 Å².